The molecule has 0 unspecified atom stereocenters. The Balaban J connectivity index is 2.57. The van der Waals surface area contributed by atoms with Gasteiger partial charge in [0.1, 0.15) is 0 Å². The van der Waals surface area contributed by atoms with Crippen LogP contribution in [0.1, 0.15) is 0 Å². The van der Waals surface area contributed by atoms with Crippen LogP contribution in [0.25, 0.3) is 11.3 Å². The Morgan fingerprint density at radius 3 is 2.57 bits per heavy atom. The van der Waals surface area contributed by atoms with E-state index in [-0.39, 0.29) is 0 Å². The molecule has 2 rings (SSSR count). The lowest BCUT2D eigenvalue weighted by Gasteiger charge is -2.00. The largest absolute Gasteiger partial charge is 0.337 e. The SMILES string of the molecule is S=c1[nH]cc(-c2ccc(Cl)cc2Cl)[nH]1. The molecule has 0 fully saturated rings. The Labute approximate surface area is 95.9 Å². The summed E-state index contributed by atoms with van der Waals surface area (Å²) in [6.45, 7) is 0. The van der Waals surface area contributed by atoms with Crippen LogP contribution in [0.2, 0.25) is 10.0 Å². The highest BCUT2D eigenvalue weighted by Crippen LogP contribution is 2.28. The summed E-state index contributed by atoms with van der Waals surface area (Å²) in [7, 11) is 0. The van der Waals surface area contributed by atoms with Gasteiger partial charge in [-0.15, -0.1) is 0 Å². The number of hydrogen-bond acceptors (Lipinski definition) is 1. The lowest BCUT2D eigenvalue weighted by Crippen LogP contribution is -1.78. The zero-order valence-corrected chi connectivity index (χ0v) is 9.30. The molecule has 1 aromatic heterocycles. The molecular weight excluding hydrogens is 239 g/mol. The fourth-order valence-electron chi connectivity index (χ4n) is 1.19. The molecule has 14 heavy (non-hydrogen) atoms. The zero-order chi connectivity index (χ0) is 10.1. The van der Waals surface area contributed by atoms with Crippen molar-refractivity contribution in [3.8, 4) is 11.3 Å². The molecule has 0 atom stereocenters. The minimum Gasteiger partial charge on any atom is -0.337 e. The maximum Gasteiger partial charge on any atom is 0.174 e. The number of benzene rings is 1. The van der Waals surface area contributed by atoms with Crippen LogP contribution in [0.4, 0.5) is 0 Å². The number of imidazole rings is 1. The van der Waals surface area contributed by atoms with Crippen LogP contribution < -0.4 is 0 Å². The summed E-state index contributed by atoms with van der Waals surface area (Å²) in [5.74, 6) is 0. The number of nitrogens with one attached hydrogen (secondary N) is 2. The van der Waals surface area contributed by atoms with Gasteiger partial charge in [0.2, 0.25) is 0 Å². The third-order valence-corrected chi connectivity index (χ3v) is 2.58. The normalized spacial score (nSPS) is 10.4. The van der Waals surface area contributed by atoms with E-state index in [1.54, 1.807) is 18.3 Å². The third kappa shape index (κ3) is 1.85. The molecule has 0 aliphatic heterocycles. The van der Waals surface area contributed by atoms with Crippen molar-refractivity contribution in [2.75, 3.05) is 0 Å². The summed E-state index contributed by atoms with van der Waals surface area (Å²) in [5.41, 5.74) is 1.74. The quantitative estimate of drug-likeness (QED) is 0.730. The van der Waals surface area contributed by atoms with Crippen molar-refractivity contribution in [1.82, 2.24) is 9.97 Å². The first-order valence-corrected chi connectivity index (χ1v) is 5.06. The van der Waals surface area contributed by atoms with Gasteiger partial charge in [-0.3, -0.25) is 0 Å². The minimum absolute atomic E-state index is 0.575. The Morgan fingerprint density at radius 1 is 1.21 bits per heavy atom. The van der Waals surface area contributed by atoms with Gasteiger partial charge in [-0.25, -0.2) is 0 Å². The topological polar surface area (TPSA) is 31.6 Å². The van der Waals surface area contributed by atoms with Crippen LogP contribution in [0, 0.1) is 4.77 Å². The summed E-state index contributed by atoms with van der Waals surface area (Å²) < 4.78 is 0.575. The van der Waals surface area contributed by atoms with Gasteiger partial charge in [-0.05, 0) is 30.4 Å². The van der Waals surface area contributed by atoms with E-state index in [4.69, 9.17) is 35.4 Å². The van der Waals surface area contributed by atoms with Gasteiger partial charge in [-0.2, -0.15) is 0 Å². The Kier molecular flexibility index (Phi) is 2.63. The van der Waals surface area contributed by atoms with Crippen molar-refractivity contribution in [3.63, 3.8) is 0 Å². The Hall–Kier alpha value is -0.770. The highest BCUT2D eigenvalue weighted by molar-refractivity contribution is 7.71. The van der Waals surface area contributed by atoms with E-state index in [0.29, 0.717) is 14.8 Å². The summed E-state index contributed by atoms with van der Waals surface area (Å²) in [4.78, 5) is 5.86. The molecule has 5 heteroatoms. The highest BCUT2D eigenvalue weighted by Gasteiger charge is 2.04. The number of aromatic amines is 2. The van der Waals surface area contributed by atoms with Crippen LogP contribution in [0.5, 0.6) is 0 Å². The first-order chi connectivity index (χ1) is 6.66. The maximum absolute atomic E-state index is 6.02. The van der Waals surface area contributed by atoms with Crippen LogP contribution in [-0.2, 0) is 0 Å². The molecule has 2 nitrogen and oxygen atoms in total. The van der Waals surface area contributed by atoms with Crippen LogP contribution in [0.15, 0.2) is 24.4 Å². The molecule has 0 spiro atoms. The molecule has 0 saturated carbocycles. The predicted octanol–water partition coefficient (Wildman–Crippen LogP) is 4.05. The van der Waals surface area contributed by atoms with E-state index in [9.17, 15) is 0 Å². The Bertz CT molecular complexity index is 516. The van der Waals surface area contributed by atoms with E-state index in [1.165, 1.54) is 0 Å². The highest BCUT2D eigenvalue weighted by atomic mass is 35.5. The molecule has 2 N–H and O–H groups in total. The van der Waals surface area contributed by atoms with E-state index in [2.05, 4.69) is 9.97 Å². The maximum atomic E-state index is 6.02. The number of aromatic nitrogens is 2. The van der Waals surface area contributed by atoms with E-state index < -0.39 is 0 Å². The second kappa shape index (κ2) is 3.77. The van der Waals surface area contributed by atoms with Crippen LogP contribution in [-0.4, -0.2) is 9.97 Å². The van der Waals surface area contributed by atoms with Crippen molar-refractivity contribution in [2.45, 2.75) is 0 Å². The van der Waals surface area contributed by atoms with E-state index in [0.717, 1.165) is 11.3 Å². The van der Waals surface area contributed by atoms with Gasteiger partial charge >= 0.3 is 0 Å². The van der Waals surface area contributed by atoms with E-state index in [1.807, 2.05) is 6.07 Å². The van der Waals surface area contributed by atoms with Gasteiger partial charge in [0.15, 0.2) is 4.77 Å². The first-order valence-electron chi connectivity index (χ1n) is 3.90. The summed E-state index contributed by atoms with van der Waals surface area (Å²) in [6.07, 6.45) is 1.78. The molecular formula is C9H6Cl2N2S. The lowest BCUT2D eigenvalue weighted by molar-refractivity contribution is 1.27. The van der Waals surface area contributed by atoms with Gasteiger partial charge < -0.3 is 9.97 Å². The zero-order valence-electron chi connectivity index (χ0n) is 6.97. The molecule has 1 heterocycles. The standard InChI is InChI=1S/C9H6Cl2N2S/c10-5-1-2-6(7(11)3-5)8-4-12-9(14)13-8/h1-4H,(H2,12,13,14). The molecule has 0 saturated heterocycles. The lowest BCUT2D eigenvalue weighted by atomic mass is 10.2. The number of halogens is 2. The fraction of sp³-hybridized carbons (Fsp3) is 0. The second-order valence-corrected chi connectivity index (χ2v) is 4.03. The first kappa shape index (κ1) is 9.77. The molecule has 0 radical (unpaired) electrons. The van der Waals surface area contributed by atoms with Crippen molar-refractivity contribution in [2.24, 2.45) is 0 Å². The molecule has 1 aromatic carbocycles. The van der Waals surface area contributed by atoms with Gasteiger partial charge in [0.05, 0.1) is 10.7 Å². The predicted molar refractivity (Wildman–Crippen MR) is 61.4 cm³/mol. The smallest absolute Gasteiger partial charge is 0.174 e. The number of hydrogen-bond donors (Lipinski definition) is 2. The van der Waals surface area contributed by atoms with Gasteiger partial charge in [0, 0.05) is 16.8 Å². The molecule has 72 valence electrons. The van der Waals surface area contributed by atoms with Gasteiger partial charge in [0.25, 0.3) is 0 Å². The Morgan fingerprint density at radius 2 is 2.00 bits per heavy atom. The minimum atomic E-state index is 0.575. The summed E-state index contributed by atoms with van der Waals surface area (Å²) in [6, 6.07) is 5.33. The van der Waals surface area contributed by atoms with Crippen LogP contribution in [0.3, 0.4) is 0 Å². The number of H-pyrrole nitrogens is 2. The van der Waals surface area contributed by atoms with E-state index >= 15 is 0 Å². The molecule has 0 aliphatic rings. The van der Waals surface area contributed by atoms with Crippen LogP contribution >= 0.6 is 35.4 Å². The molecule has 0 bridgehead atoms. The second-order valence-electron chi connectivity index (χ2n) is 2.78. The summed E-state index contributed by atoms with van der Waals surface area (Å²) >= 11 is 16.7. The molecule has 2 aromatic rings. The average Bonchev–Trinajstić information content (AvgIpc) is 2.51. The monoisotopic (exact) mass is 244 g/mol. The van der Waals surface area contributed by atoms with Crippen molar-refractivity contribution >= 4 is 35.4 Å². The van der Waals surface area contributed by atoms with Crippen molar-refractivity contribution < 1.29 is 0 Å². The third-order valence-electron chi connectivity index (χ3n) is 1.82. The van der Waals surface area contributed by atoms with Crippen molar-refractivity contribution in [1.29, 1.82) is 0 Å². The fourth-order valence-corrected chi connectivity index (χ4v) is 1.86. The number of rotatable bonds is 1. The molecule has 0 aliphatic carbocycles. The molecule has 0 amide bonds. The van der Waals surface area contributed by atoms with Crippen molar-refractivity contribution in [3.05, 3.63) is 39.2 Å². The average molecular weight is 245 g/mol. The summed E-state index contributed by atoms with van der Waals surface area (Å²) in [5, 5.41) is 1.22. The van der Waals surface area contributed by atoms with Gasteiger partial charge in [-0.1, -0.05) is 23.2 Å².